The quantitative estimate of drug-likeness (QED) is 0.809. The third kappa shape index (κ3) is 2.66. The van der Waals surface area contributed by atoms with E-state index in [2.05, 4.69) is 21.1 Å². The van der Waals surface area contributed by atoms with Crippen LogP contribution in [0.1, 0.15) is 11.3 Å². The molecule has 5 nitrogen and oxygen atoms in total. The first-order valence-electron chi connectivity index (χ1n) is 7.58. The number of aromatic nitrogens is 3. The van der Waals surface area contributed by atoms with Crippen LogP contribution in [0.4, 0.5) is 0 Å². The average molecular weight is 304 g/mol. The molecule has 0 radical (unpaired) electrons. The molecule has 0 aliphatic carbocycles. The van der Waals surface area contributed by atoms with E-state index in [0.29, 0.717) is 0 Å². The summed E-state index contributed by atoms with van der Waals surface area (Å²) in [6.07, 6.45) is 3.67. The van der Waals surface area contributed by atoms with Crippen molar-refractivity contribution in [1.82, 2.24) is 14.8 Å². The Morgan fingerprint density at radius 3 is 2.65 bits per heavy atom. The number of hydrogen-bond donors (Lipinski definition) is 1. The molecule has 1 aliphatic heterocycles. The Labute approximate surface area is 134 Å². The molecule has 2 aromatic heterocycles. The maximum absolute atomic E-state index is 9.14. The first-order chi connectivity index (χ1) is 11.3. The minimum atomic E-state index is 0.0511. The van der Waals surface area contributed by atoms with Gasteiger partial charge in [0.05, 0.1) is 36.8 Å². The highest BCUT2D eigenvalue weighted by molar-refractivity contribution is 5.81. The summed E-state index contributed by atoms with van der Waals surface area (Å²) in [6, 6.07) is 13.8. The number of hydrogen-bond acceptors (Lipinski definition) is 4. The zero-order chi connectivity index (χ0) is 15.6. The molecule has 4 rings (SSSR count). The Morgan fingerprint density at radius 2 is 1.87 bits per heavy atom. The molecule has 5 heteroatoms. The van der Waals surface area contributed by atoms with Crippen LogP contribution in [0.25, 0.3) is 22.5 Å². The number of aliphatic hydroxyl groups excluding tert-OH is 1. The van der Waals surface area contributed by atoms with Gasteiger partial charge in [0.15, 0.2) is 0 Å². The van der Waals surface area contributed by atoms with E-state index >= 15 is 0 Å². The van der Waals surface area contributed by atoms with Crippen molar-refractivity contribution in [3.63, 3.8) is 0 Å². The molecule has 0 fully saturated rings. The summed E-state index contributed by atoms with van der Waals surface area (Å²) in [4.78, 5) is 8.74. The van der Waals surface area contributed by atoms with Crippen molar-refractivity contribution in [3.05, 3.63) is 59.9 Å². The highest BCUT2D eigenvalue weighted by Gasteiger charge is 2.11. The number of fused-ring (bicyclic) bond motifs is 1. The van der Waals surface area contributed by atoms with Crippen molar-refractivity contribution in [2.75, 3.05) is 6.54 Å². The van der Waals surface area contributed by atoms with Gasteiger partial charge in [0.25, 0.3) is 0 Å². The van der Waals surface area contributed by atoms with E-state index in [4.69, 9.17) is 5.11 Å². The molecule has 0 amide bonds. The number of aliphatic hydroxyl groups is 1. The topological polar surface area (TPSA) is 63.3 Å². The van der Waals surface area contributed by atoms with Gasteiger partial charge in [-0.15, -0.1) is 0 Å². The van der Waals surface area contributed by atoms with E-state index in [9.17, 15) is 0 Å². The van der Waals surface area contributed by atoms with E-state index in [1.165, 1.54) is 0 Å². The highest BCUT2D eigenvalue weighted by atomic mass is 16.3. The predicted octanol–water partition coefficient (Wildman–Crippen LogP) is 2.54. The van der Waals surface area contributed by atoms with Crippen LogP contribution >= 0.6 is 0 Å². The van der Waals surface area contributed by atoms with Gasteiger partial charge < -0.3 is 5.11 Å². The van der Waals surface area contributed by atoms with Crippen LogP contribution in [0.15, 0.2) is 53.7 Å². The highest BCUT2D eigenvalue weighted by Crippen LogP contribution is 2.25. The van der Waals surface area contributed by atoms with Crippen molar-refractivity contribution < 1.29 is 5.11 Å². The lowest BCUT2D eigenvalue weighted by molar-refractivity contribution is 0.282. The minimum absolute atomic E-state index is 0.0511. The van der Waals surface area contributed by atoms with Crippen LogP contribution in [0.2, 0.25) is 0 Å². The fourth-order valence-electron chi connectivity index (χ4n) is 2.69. The van der Waals surface area contributed by atoms with E-state index in [-0.39, 0.29) is 6.61 Å². The van der Waals surface area contributed by atoms with E-state index < -0.39 is 0 Å². The third-order valence-electron chi connectivity index (χ3n) is 3.96. The third-order valence-corrected chi connectivity index (χ3v) is 3.96. The zero-order valence-corrected chi connectivity index (χ0v) is 12.6. The Kier molecular flexibility index (Phi) is 3.48. The van der Waals surface area contributed by atoms with Crippen LogP contribution in [0.3, 0.4) is 0 Å². The monoisotopic (exact) mass is 304 g/mol. The summed E-state index contributed by atoms with van der Waals surface area (Å²) in [5.41, 5.74) is 5.82. The molecule has 3 heterocycles. The van der Waals surface area contributed by atoms with Gasteiger partial charge in [-0.3, -0.25) is 14.7 Å². The van der Waals surface area contributed by atoms with Gasteiger partial charge in [0.1, 0.15) is 0 Å². The summed E-state index contributed by atoms with van der Waals surface area (Å²) >= 11 is 0. The van der Waals surface area contributed by atoms with Crippen molar-refractivity contribution in [1.29, 1.82) is 0 Å². The largest absolute Gasteiger partial charge is 0.392 e. The van der Waals surface area contributed by atoms with Crippen LogP contribution in [-0.2, 0) is 13.2 Å². The normalized spacial score (nSPS) is 13.1. The van der Waals surface area contributed by atoms with Crippen LogP contribution < -0.4 is 0 Å². The molecule has 1 N–H and O–H groups in total. The van der Waals surface area contributed by atoms with Crippen molar-refractivity contribution in [2.24, 2.45) is 4.99 Å². The molecule has 0 bridgehead atoms. The summed E-state index contributed by atoms with van der Waals surface area (Å²) in [7, 11) is 0. The second-order valence-corrected chi connectivity index (χ2v) is 5.50. The lowest BCUT2D eigenvalue weighted by atomic mass is 10.1. The average Bonchev–Trinajstić information content (AvgIpc) is 3.06. The number of aliphatic imine (C=N–C) groups is 1. The number of rotatable bonds is 3. The second-order valence-electron chi connectivity index (χ2n) is 5.50. The molecule has 0 spiro atoms. The minimum Gasteiger partial charge on any atom is -0.392 e. The molecular weight excluding hydrogens is 288 g/mol. The molecule has 3 aromatic rings. The van der Waals surface area contributed by atoms with E-state index in [1.807, 2.05) is 47.3 Å². The molecule has 1 aliphatic rings. The Morgan fingerprint density at radius 1 is 1.00 bits per heavy atom. The SMILES string of the molecule is OCc1ccc(-c2cc(-c3cc4n(n3)CCN=C4)ccn2)cc1. The van der Waals surface area contributed by atoms with Crippen LogP contribution in [-0.4, -0.2) is 32.6 Å². The predicted molar refractivity (Wildman–Crippen MR) is 89.3 cm³/mol. The summed E-state index contributed by atoms with van der Waals surface area (Å²) in [6.45, 7) is 1.66. The van der Waals surface area contributed by atoms with Gasteiger partial charge >= 0.3 is 0 Å². The van der Waals surface area contributed by atoms with Crippen LogP contribution in [0.5, 0.6) is 0 Å². The van der Waals surface area contributed by atoms with Crippen molar-refractivity contribution in [2.45, 2.75) is 13.2 Å². The van der Waals surface area contributed by atoms with Crippen molar-refractivity contribution in [3.8, 4) is 22.5 Å². The van der Waals surface area contributed by atoms with Gasteiger partial charge in [-0.25, -0.2) is 0 Å². The molecule has 0 unspecified atom stereocenters. The fourth-order valence-corrected chi connectivity index (χ4v) is 2.69. The molecule has 0 saturated heterocycles. The summed E-state index contributed by atoms with van der Waals surface area (Å²) in [5, 5.41) is 13.8. The first-order valence-corrected chi connectivity index (χ1v) is 7.58. The summed E-state index contributed by atoms with van der Waals surface area (Å²) in [5.74, 6) is 0. The number of benzene rings is 1. The standard InChI is InChI=1S/C18H16N4O/c23-12-13-1-3-14(4-2-13)17-9-15(5-6-20-17)18-10-16-11-19-7-8-22(16)21-18/h1-6,9-11,23H,7-8,12H2. The summed E-state index contributed by atoms with van der Waals surface area (Å²) < 4.78 is 1.98. The molecule has 0 saturated carbocycles. The first kappa shape index (κ1) is 13.8. The van der Waals surface area contributed by atoms with Gasteiger partial charge in [0.2, 0.25) is 0 Å². The Hall–Kier alpha value is -2.79. The zero-order valence-electron chi connectivity index (χ0n) is 12.6. The lowest BCUT2D eigenvalue weighted by Gasteiger charge is -2.06. The number of pyridine rings is 1. The Bertz CT molecular complexity index is 865. The molecule has 0 atom stereocenters. The van der Waals surface area contributed by atoms with Gasteiger partial charge in [-0.2, -0.15) is 5.10 Å². The Balaban J connectivity index is 1.70. The van der Waals surface area contributed by atoms with Crippen LogP contribution in [0, 0.1) is 0 Å². The van der Waals surface area contributed by atoms with Gasteiger partial charge in [-0.1, -0.05) is 24.3 Å². The second kappa shape index (κ2) is 5.78. The van der Waals surface area contributed by atoms with E-state index in [0.717, 1.165) is 46.9 Å². The molecule has 23 heavy (non-hydrogen) atoms. The van der Waals surface area contributed by atoms with Gasteiger partial charge in [-0.05, 0) is 23.8 Å². The lowest BCUT2D eigenvalue weighted by Crippen LogP contribution is -2.11. The maximum atomic E-state index is 9.14. The fraction of sp³-hybridized carbons (Fsp3) is 0.167. The maximum Gasteiger partial charge on any atom is 0.0931 e. The smallest absolute Gasteiger partial charge is 0.0931 e. The number of nitrogens with zero attached hydrogens (tertiary/aromatic N) is 4. The molecular formula is C18H16N4O. The van der Waals surface area contributed by atoms with E-state index in [1.54, 1.807) is 6.20 Å². The van der Waals surface area contributed by atoms with Crippen molar-refractivity contribution >= 4 is 6.21 Å². The molecule has 1 aromatic carbocycles. The van der Waals surface area contributed by atoms with Gasteiger partial charge in [0, 0.05) is 23.5 Å². The molecule has 114 valence electrons.